The molecule has 1 aromatic carbocycles. The number of hydrogen-bond donors (Lipinski definition) is 1. The largest absolute Gasteiger partial charge is 0.476 e. The number of fused-ring (bicyclic) bond motifs is 1. The summed E-state index contributed by atoms with van der Waals surface area (Å²) in [5, 5.41) is 13.8. The van der Waals surface area contributed by atoms with Crippen LogP contribution in [0.25, 0.3) is 11.2 Å². The average molecular weight is 405 g/mol. The number of rotatable bonds is 4. The van der Waals surface area contributed by atoms with Crippen LogP contribution in [-0.4, -0.2) is 32.7 Å². The minimum atomic E-state index is -1.05. The van der Waals surface area contributed by atoms with Gasteiger partial charge in [0.05, 0.1) is 5.69 Å². The number of carboxylic acids is 1. The molecular formula is C24H28N4O2. The lowest BCUT2D eigenvalue weighted by Crippen LogP contribution is -2.18. The van der Waals surface area contributed by atoms with E-state index in [1.165, 1.54) is 5.57 Å². The van der Waals surface area contributed by atoms with Gasteiger partial charge in [-0.25, -0.2) is 9.78 Å². The first kappa shape index (κ1) is 20.1. The number of anilines is 2. The van der Waals surface area contributed by atoms with Gasteiger partial charge in [0, 0.05) is 24.9 Å². The zero-order valence-corrected chi connectivity index (χ0v) is 18.2. The van der Waals surface area contributed by atoms with E-state index in [1.54, 1.807) is 10.6 Å². The van der Waals surface area contributed by atoms with Gasteiger partial charge in [-0.05, 0) is 55.2 Å². The Morgan fingerprint density at radius 3 is 2.50 bits per heavy atom. The van der Waals surface area contributed by atoms with E-state index in [2.05, 4.69) is 55.9 Å². The van der Waals surface area contributed by atoms with Gasteiger partial charge in [-0.1, -0.05) is 38.1 Å². The maximum atomic E-state index is 11.6. The molecule has 1 N–H and O–H groups in total. The topological polar surface area (TPSA) is 70.7 Å². The van der Waals surface area contributed by atoms with Crippen molar-refractivity contribution in [3.63, 3.8) is 0 Å². The van der Waals surface area contributed by atoms with Crippen molar-refractivity contribution in [2.45, 2.75) is 47.0 Å². The molecule has 0 aliphatic heterocycles. The molecule has 4 rings (SSSR count). The third-order valence-corrected chi connectivity index (χ3v) is 6.05. The highest BCUT2D eigenvalue weighted by molar-refractivity contribution is 5.87. The second-order valence-electron chi connectivity index (χ2n) is 9.00. The van der Waals surface area contributed by atoms with Crippen LogP contribution in [0.4, 0.5) is 11.5 Å². The molecule has 1 aliphatic carbocycles. The van der Waals surface area contributed by atoms with Gasteiger partial charge in [0.25, 0.3) is 0 Å². The highest BCUT2D eigenvalue weighted by atomic mass is 16.4. The Bertz CT molecular complexity index is 1150. The Kier molecular flexibility index (Phi) is 4.88. The number of aromatic nitrogens is 3. The highest BCUT2D eigenvalue weighted by Crippen LogP contribution is 2.39. The number of aromatic carboxylic acids is 1. The van der Waals surface area contributed by atoms with Crippen molar-refractivity contribution in [2.24, 2.45) is 5.41 Å². The standard InChI is InChI=1S/C24H28N4O2/c1-15-7-6-8-16(2)22(15)27(5)21-14-18(17-9-11-24(3,4)12-10-17)25-20-13-19(23(29)30)26-28(20)21/h6-9,13-14H,10-12H2,1-5H3,(H,29,30). The van der Waals surface area contributed by atoms with Crippen LogP contribution in [0, 0.1) is 19.3 Å². The van der Waals surface area contributed by atoms with Gasteiger partial charge in [-0.2, -0.15) is 9.61 Å². The number of carboxylic acid groups (broad SMARTS) is 1. The second-order valence-corrected chi connectivity index (χ2v) is 9.00. The van der Waals surface area contributed by atoms with Crippen molar-refractivity contribution < 1.29 is 9.90 Å². The molecule has 3 aromatic rings. The number of carbonyl (C=O) groups is 1. The maximum Gasteiger partial charge on any atom is 0.356 e. The van der Waals surface area contributed by atoms with Crippen LogP contribution < -0.4 is 4.90 Å². The van der Waals surface area contributed by atoms with Crippen molar-refractivity contribution in [3.8, 4) is 0 Å². The fraction of sp³-hybridized carbons (Fsp3) is 0.375. The zero-order chi connectivity index (χ0) is 21.6. The number of allylic oxidation sites excluding steroid dienone is 2. The zero-order valence-electron chi connectivity index (χ0n) is 18.2. The molecule has 156 valence electrons. The second kappa shape index (κ2) is 7.27. The summed E-state index contributed by atoms with van der Waals surface area (Å²) in [6.45, 7) is 8.73. The molecule has 0 fully saturated rings. The van der Waals surface area contributed by atoms with Crippen molar-refractivity contribution in [1.29, 1.82) is 0 Å². The van der Waals surface area contributed by atoms with Crippen molar-refractivity contribution in [3.05, 3.63) is 58.9 Å². The Labute approximate surface area is 176 Å². The van der Waals surface area contributed by atoms with Gasteiger partial charge in [0.2, 0.25) is 0 Å². The molecule has 0 saturated heterocycles. The monoisotopic (exact) mass is 404 g/mol. The molecular weight excluding hydrogens is 376 g/mol. The minimum Gasteiger partial charge on any atom is -0.476 e. The summed E-state index contributed by atoms with van der Waals surface area (Å²) in [5.41, 5.74) is 6.33. The molecule has 0 amide bonds. The average Bonchev–Trinajstić information content (AvgIpc) is 3.11. The summed E-state index contributed by atoms with van der Waals surface area (Å²) >= 11 is 0. The molecule has 2 aromatic heterocycles. The van der Waals surface area contributed by atoms with Crippen LogP contribution >= 0.6 is 0 Å². The normalized spacial score (nSPS) is 15.8. The van der Waals surface area contributed by atoms with Gasteiger partial charge in [-0.15, -0.1) is 0 Å². The summed E-state index contributed by atoms with van der Waals surface area (Å²) in [7, 11) is 1.99. The summed E-state index contributed by atoms with van der Waals surface area (Å²) < 4.78 is 1.63. The van der Waals surface area contributed by atoms with Crippen LogP contribution in [-0.2, 0) is 0 Å². The molecule has 0 unspecified atom stereocenters. The summed E-state index contributed by atoms with van der Waals surface area (Å²) in [5.74, 6) is -0.257. The maximum absolute atomic E-state index is 11.6. The summed E-state index contributed by atoms with van der Waals surface area (Å²) in [6, 6.07) is 9.77. The quantitative estimate of drug-likeness (QED) is 0.630. The van der Waals surface area contributed by atoms with Crippen LogP contribution in [0.1, 0.15) is 60.4 Å². The Hall–Kier alpha value is -3.15. The number of hydrogen-bond acceptors (Lipinski definition) is 4. The van der Waals surface area contributed by atoms with E-state index in [1.807, 2.05) is 19.2 Å². The van der Waals surface area contributed by atoms with Gasteiger partial charge < -0.3 is 10.0 Å². The first-order valence-electron chi connectivity index (χ1n) is 10.3. The van der Waals surface area contributed by atoms with E-state index in [-0.39, 0.29) is 5.69 Å². The summed E-state index contributed by atoms with van der Waals surface area (Å²) in [6.07, 6.45) is 5.35. The lowest BCUT2D eigenvalue weighted by atomic mass is 9.78. The van der Waals surface area contributed by atoms with Crippen LogP contribution in [0.2, 0.25) is 0 Å². The first-order chi connectivity index (χ1) is 14.2. The smallest absolute Gasteiger partial charge is 0.356 e. The van der Waals surface area contributed by atoms with E-state index < -0.39 is 5.97 Å². The van der Waals surface area contributed by atoms with E-state index in [9.17, 15) is 9.90 Å². The fourth-order valence-corrected chi connectivity index (χ4v) is 4.23. The molecule has 0 spiro atoms. The molecule has 6 heteroatoms. The van der Waals surface area contributed by atoms with Gasteiger partial charge in [0.1, 0.15) is 5.82 Å². The van der Waals surface area contributed by atoms with E-state index >= 15 is 0 Å². The van der Waals surface area contributed by atoms with E-state index in [4.69, 9.17) is 4.98 Å². The number of aryl methyl sites for hydroxylation is 2. The van der Waals surface area contributed by atoms with Gasteiger partial charge in [0.15, 0.2) is 11.3 Å². The van der Waals surface area contributed by atoms with Gasteiger partial charge >= 0.3 is 5.97 Å². The molecule has 0 bridgehead atoms. The molecule has 2 heterocycles. The number of benzene rings is 1. The molecule has 0 atom stereocenters. The van der Waals surface area contributed by atoms with Crippen molar-refractivity contribution >= 4 is 28.7 Å². The first-order valence-corrected chi connectivity index (χ1v) is 10.3. The van der Waals surface area contributed by atoms with E-state index in [0.717, 1.165) is 47.6 Å². The van der Waals surface area contributed by atoms with Crippen LogP contribution in [0.5, 0.6) is 0 Å². The SMILES string of the molecule is Cc1cccc(C)c1N(C)c1cc(C2=CCC(C)(C)CC2)nc2cc(C(=O)O)nn12. The fourth-order valence-electron chi connectivity index (χ4n) is 4.23. The van der Waals surface area contributed by atoms with Crippen LogP contribution in [0.3, 0.4) is 0 Å². The predicted octanol–water partition coefficient (Wildman–Crippen LogP) is 5.41. The number of para-hydroxylation sites is 1. The minimum absolute atomic E-state index is 0.00503. The Morgan fingerprint density at radius 2 is 1.90 bits per heavy atom. The summed E-state index contributed by atoms with van der Waals surface area (Å²) in [4.78, 5) is 18.4. The third-order valence-electron chi connectivity index (χ3n) is 6.05. The van der Waals surface area contributed by atoms with E-state index in [0.29, 0.717) is 11.1 Å². The molecule has 30 heavy (non-hydrogen) atoms. The predicted molar refractivity (Wildman–Crippen MR) is 120 cm³/mol. The van der Waals surface area contributed by atoms with Crippen molar-refractivity contribution in [2.75, 3.05) is 11.9 Å². The molecule has 0 radical (unpaired) electrons. The van der Waals surface area contributed by atoms with Crippen molar-refractivity contribution in [1.82, 2.24) is 14.6 Å². The van der Waals surface area contributed by atoms with Crippen LogP contribution in [0.15, 0.2) is 36.4 Å². The Balaban J connectivity index is 1.91. The molecule has 6 nitrogen and oxygen atoms in total. The molecule has 0 saturated carbocycles. The third kappa shape index (κ3) is 3.58. The molecule has 1 aliphatic rings. The van der Waals surface area contributed by atoms with Gasteiger partial charge in [-0.3, -0.25) is 0 Å². The highest BCUT2D eigenvalue weighted by Gasteiger charge is 2.24. The Morgan fingerprint density at radius 1 is 1.20 bits per heavy atom. The lowest BCUT2D eigenvalue weighted by Gasteiger charge is -2.29. The lowest BCUT2D eigenvalue weighted by molar-refractivity contribution is 0.0690. The number of nitrogens with zero attached hydrogens (tertiary/aromatic N) is 4.